The standard InChI is InChI=1S/C11H10N4O2S/c1-6-4-18-10-9(6)12-5-15(11(10)16)3-8-13-7(2)17-14-8/h4-5H,3H2,1-2H3. The lowest BCUT2D eigenvalue weighted by Crippen LogP contribution is -2.20. The fraction of sp³-hybridized carbons (Fsp3) is 0.273. The van der Waals surface area contributed by atoms with Crippen LogP contribution in [0.5, 0.6) is 0 Å². The number of fused-ring (bicyclic) bond motifs is 1. The van der Waals surface area contributed by atoms with E-state index in [1.165, 1.54) is 22.2 Å². The van der Waals surface area contributed by atoms with Crippen molar-refractivity contribution in [2.75, 3.05) is 0 Å². The molecule has 7 heteroatoms. The SMILES string of the molecule is Cc1nc(Cn2cnc3c(C)csc3c2=O)no1. The molecule has 0 amide bonds. The van der Waals surface area contributed by atoms with Crippen molar-refractivity contribution < 1.29 is 4.52 Å². The fourth-order valence-corrected chi connectivity index (χ4v) is 2.68. The van der Waals surface area contributed by atoms with E-state index in [9.17, 15) is 4.79 Å². The molecule has 0 aliphatic heterocycles. The highest BCUT2D eigenvalue weighted by atomic mass is 32.1. The molecule has 0 aromatic carbocycles. The van der Waals surface area contributed by atoms with Gasteiger partial charge in [-0.15, -0.1) is 11.3 Å². The maximum atomic E-state index is 12.2. The molecular formula is C11H10N4O2S. The lowest BCUT2D eigenvalue weighted by Gasteiger charge is -2.01. The Labute approximate surface area is 106 Å². The average Bonchev–Trinajstić information content (AvgIpc) is 2.91. The lowest BCUT2D eigenvalue weighted by atomic mass is 10.3. The molecule has 3 aromatic rings. The highest BCUT2D eigenvalue weighted by Gasteiger charge is 2.10. The number of hydrogen-bond acceptors (Lipinski definition) is 6. The molecule has 0 bridgehead atoms. The molecule has 0 spiro atoms. The van der Waals surface area contributed by atoms with Crippen molar-refractivity contribution in [3.8, 4) is 0 Å². The third-order valence-electron chi connectivity index (χ3n) is 2.60. The van der Waals surface area contributed by atoms with Gasteiger partial charge in [0.25, 0.3) is 5.56 Å². The summed E-state index contributed by atoms with van der Waals surface area (Å²) in [5.41, 5.74) is 1.72. The van der Waals surface area contributed by atoms with E-state index in [-0.39, 0.29) is 12.1 Å². The van der Waals surface area contributed by atoms with Crippen LogP contribution >= 0.6 is 11.3 Å². The lowest BCUT2D eigenvalue weighted by molar-refractivity contribution is 0.386. The van der Waals surface area contributed by atoms with Crippen LogP contribution < -0.4 is 5.56 Å². The van der Waals surface area contributed by atoms with Crippen LogP contribution in [-0.2, 0) is 6.54 Å². The van der Waals surface area contributed by atoms with Gasteiger partial charge in [-0.3, -0.25) is 9.36 Å². The topological polar surface area (TPSA) is 73.8 Å². The summed E-state index contributed by atoms with van der Waals surface area (Å²) in [5.74, 6) is 0.961. The second-order valence-electron chi connectivity index (χ2n) is 4.00. The normalized spacial score (nSPS) is 11.2. The fourth-order valence-electron chi connectivity index (χ4n) is 1.73. The monoisotopic (exact) mass is 262 g/mol. The van der Waals surface area contributed by atoms with Crippen molar-refractivity contribution >= 4 is 21.6 Å². The molecule has 0 N–H and O–H groups in total. The Morgan fingerprint density at radius 1 is 1.44 bits per heavy atom. The van der Waals surface area contributed by atoms with Gasteiger partial charge in [0.15, 0.2) is 5.82 Å². The number of thiophene rings is 1. The van der Waals surface area contributed by atoms with Crippen molar-refractivity contribution in [1.82, 2.24) is 19.7 Å². The first kappa shape index (κ1) is 11.1. The third-order valence-corrected chi connectivity index (χ3v) is 3.68. The Morgan fingerprint density at radius 2 is 2.28 bits per heavy atom. The second kappa shape index (κ2) is 4.02. The third kappa shape index (κ3) is 1.72. The first-order valence-corrected chi connectivity index (χ1v) is 6.25. The predicted octanol–water partition coefficient (Wildman–Crippen LogP) is 1.51. The number of rotatable bonds is 2. The van der Waals surface area contributed by atoms with Crippen LogP contribution in [-0.4, -0.2) is 19.7 Å². The summed E-state index contributed by atoms with van der Waals surface area (Å²) in [6.07, 6.45) is 1.52. The van der Waals surface area contributed by atoms with Crippen molar-refractivity contribution in [3.63, 3.8) is 0 Å². The van der Waals surface area contributed by atoms with Gasteiger partial charge in [-0.05, 0) is 17.9 Å². The molecule has 18 heavy (non-hydrogen) atoms. The van der Waals surface area contributed by atoms with Gasteiger partial charge >= 0.3 is 0 Å². The van der Waals surface area contributed by atoms with Gasteiger partial charge in [0, 0.05) is 6.92 Å². The molecular weight excluding hydrogens is 252 g/mol. The van der Waals surface area contributed by atoms with Gasteiger partial charge in [-0.1, -0.05) is 5.16 Å². The maximum absolute atomic E-state index is 12.2. The first-order chi connectivity index (χ1) is 8.65. The zero-order chi connectivity index (χ0) is 12.7. The van der Waals surface area contributed by atoms with Gasteiger partial charge in [-0.2, -0.15) is 4.98 Å². The highest BCUT2D eigenvalue weighted by Crippen LogP contribution is 2.19. The van der Waals surface area contributed by atoms with Crippen LogP contribution in [0.25, 0.3) is 10.2 Å². The van der Waals surface area contributed by atoms with E-state index in [4.69, 9.17) is 4.52 Å². The van der Waals surface area contributed by atoms with Gasteiger partial charge in [0.2, 0.25) is 5.89 Å². The van der Waals surface area contributed by atoms with Crippen LogP contribution in [0.3, 0.4) is 0 Å². The zero-order valence-corrected chi connectivity index (χ0v) is 10.7. The van der Waals surface area contributed by atoms with E-state index in [1.807, 2.05) is 12.3 Å². The number of hydrogen-bond donors (Lipinski definition) is 0. The summed E-state index contributed by atoms with van der Waals surface area (Å²) >= 11 is 1.41. The first-order valence-electron chi connectivity index (χ1n) is 5.37. The Balaban J connectivity index is 2.07. The largest absolute Gasteiger partial charge is 0.340 e. The van der Waals surface area contributed by atoms with E-state index in [1.54, 1.807) is 6.92 Å². The molecule has 0 aliphatic rings. The summed E-state index contributed by atoms with van der Waals surface area (Å²) in [6, 6.07) is 0. The van der Waals surface area contributed by atoms with Gasteiger partial charge < -0.3 is 4.52 Å². The zero-order valence-electron chi connectivity index (χ0n) is 9.88. The summed E-state index contributed by atoms with van der Waals surface area (Å²) in [6.45, 7) is 3.93. The van der Waals surface area contributed by atoms with Gasteiger partial charge in [0.05, 0.1) is 18.4 Å². The van der Waals surface area contributed by atoms with Crippen LogP contribution in [0.15, 0.2) is 21.0 Å². The van der Waals surface area contributed by atoms with Crippen molar-refractivity contribution in [1.29, 1.82) is 0 Å². The number of aryl methyl sites for hydroxylation is 2. The van der Waals surface area contributed by atoms with Crippen LogP contribution in [0.4, 0.5) is 0 Å². The average molecular weight is 262 g/mol. The highest BCUT2D eigenvalue weighted by molar-refractivity contribution is 7.17. The molecule has 0 aliphatic carbocycles. The van der Waals surface area contributed by atoms with E-state index in [0.717, 1.165) is 11.1 Å². The van der Waals surface area contributed by atoms with Gasteiger partial charge in [-0.25, -0.2) is 4.98 Å². The minimum absolute atomic E-state index is 0.0689. The quantitative estimate of drug-likeness (QED) is 0.699. The van der Waals surface area contributed by atoms with Crippen LogP contribution in [0, 0.1) is 13.8 Å². The van der Waals surface area contributed by atoms with E-state index in [2.05, 4.69) is 15.1 Å². The van der Waals surface area contributed by atoms with Crippen LogP contribution in [0.2, 0.25) is 0 Å². The Hall–Kier alpha value is -2.02. The van der Waals surface area contributed by atoms with Gasteiger partial charge in [0.1, 0.15) is 4.70 Å². The molecule has 0 saturated heterocycles. The molecule has 0 unspecified atom stereocenters. The van der Waals surface area contributed by atoms with E-state index >= 15 is 0 Å². The molecule has 6 nitrogen and oxygen atoms in total. The number of nitrogens with zero attached hydrogens (tertiary/aromatic N) is 4. The Bertz CT molecular complexity index is 771. The molecule has 3 rings (SSSR count). The molecule has 3 aromatic heterocycles. The van der Waals surface area contributed by atoms with Crippen molar-refractivity contribution in [3.05, 3.63) is 39.3 Å². The Morgan fingerprint density at radius 3 is 3.00 bits per heavy atom. The minimum atomic E-state index is -0.0689. The maximum Gasteiger partial charge on any atom is 0.271 e. The summed E-state index contributed by atoms with van der Waals surface area (Å²) in [4.78, 5) is 20.6. The van der Waals surface area contributed by atoms with Crippen molar-refractivity contribution in [2.24, 2.45) is 0 Å². The molecule has 0 fully saturated rings. The summed E-state index contributed by atoms with van der Waals surface area (Å²) in [7, 11) is 0. The Kier molecular flexibility index (Phi) is 2.48. The summed E-state index contributed by atoms with van der Waals surface area (Å²) < 4.78 is 7.02. The van der Waals surface area contributed by atoms with E-state index in [0.29, 0.717) is 16.4 Å². The smallest absolute Gasteiger partial charge is 0.271 e. The molecule has 0 atom stereocenters. The summed E-state index contributed by atoms with van der Waals surface area (Å²) in [5, 5.41) is 5.70. The molecule has 92 valence electrons. The number of aromatic nitrogens is 4. The minimum Gasteiger partial charge on any atom is -0.340 e. The van der Waals surface area contributed by atoms with Crippen molar-refractivity contribution in [2.45, 2.75) is 20.4 Å². The molecule has 0 saturated carbocycles. The second-order valence-corrected chi connectivity index (χ2v) is 4.88. The van der Waals surface area contributed by atoms with E-state index < -0.39 is 0 Å². The predicted molar refractivity (Wildman–Crippen MR) is 66.8 cm³/mol. The molecule has 0 radical (unpaired) electrons. The molecule has 3 heterocycles. The van der Waals surface area contributed by atoms with Crippen LogP contribution in [0.1, 0.15) is 17.3 Å².